The highest BCUT2D eigenvalue weighted by Gasteiger charge is 2.31. The van der Waals surface area contributed by atoms with E-state index in [1.165, 1.54) is 24.5 Å². The number of hydrogen-bond donors (Lipinski definition) is 1. The highest BCUT2D eigenvalue weighted by molar-refractivity contribution is 5.99. The van der Waals surface area contributed by atoms with Crippen LogP contribution in [0.25, 0.3) is 0 Å². The number of ether oxygens (including phenoxy) is 1. The molecule has 0 bridgehead atoms. The number of carbonyl (C=O) groups is 3. The standard InChI is InChI=1S/C17H20N2O4/c1-11(15(20)19-9-8-18-17(19)22)23-16(21)14-7-6-12-4-2-3-5-13(12)10-14/h6-7,10-11H,2-5,8-9H2,1H3,(H,18,22). The van der Waals surface area contributed by atoms with Crippen LogP contribution in [0.5, 0.6) is 0 Å². The van der Waals surface area contributed by atoms with Crippen molar-refractivity contribution in [2.45, 2.75) is 38.7 Å². The molecule has 0 aromatic heterocycles. The minimum absolute atomic E-state index is 0.304. The number of esters is 1. The van der Waals surface area contributed by atoms with E-state index in [2.05, 4.69) is 5.32 Å². The Morgan fingerprint density at radius 1 is 1.22 bits per heavy atom. The quantitative estimate of drug-likeness (QED) is 0.861. The van der Waals surface area contributed by atoms with Gasteiger partial charge >= 0.3 is 12.0 Å². The Labute approximate surface area is 134 Å². The van der Waals surface area contributed by atoms with Crippen molar-refractivity contribution in [2.24, 2.45) is 0 Å². The number of amides is 3. The van der Waals surface area contributed by atoms with E-state index in [1.54, 1.807) is 6.07 Å². The zero-order chi connectivity index (χ0) is 16.4. The van der Waals surface area contributed by atoms with E-state index in [4.69, 9.17) is 4.74 Å². The summed E-state index contributed by atoms with van der Waals surface area (Å²) in [6.07, 6.45) is 3.34. The highest BCUT2D eigenvalue weighted by atomic mass is 16.5. The van der Waals surface area contributed by atoms with Crippen molar-refractivity contribution in [3.8, 4) is 0 Å². The first-order valence-electron chi connectivity index (χ1n) is 7.98. The van der Waals surface area contributed by atoms with Gasteiger partial charge in [0.25, 0.3) is 5.91 Å². The normalized spacial score (nSPS) is 18.1. The third kappa shape index (κ3) is 3.21. The lowest BCUT2D eigenvalue weighted by molar-refractivity contribution is -0.136. The molecule has 1 aromatic carbocycles. The van der Waals surface area contributed by atoms with E-state index in [-0.39, 0.29) is 0 Å². The molecule has 1 fully saturated rings. The molecule has 122 valence electrons. The Balaban J connectivity index is 1.66. The molecule has 3 rings (SSSR count). The van der Waals surface area contributed by atoms with Crippen LogP contribution in [0, 0.1) is 0 Å². The Morgan fingerprint density at radius 3 is 2.65 bits per heavy atom. The summed E-state index contributed by atoms with van der Waals surface area (Å²) in [6.45, 7) is 2.22. The molecule has 3 amide bonds. The lowest BCUT2D eigenvalue weighted by atomic mass is 9.90. The Morgan fingerprint density at radius 2 is 1.96 bits per heavy atom. The number of carbonyl (C=O) groups excluding carboxylic acids is 3. The smallest absolute Gasteiger partial charge is 0.338 e. The van der Waals surface area contributed by atoms with Crippen molar-refractivity contribution < 1.29 is 19.1 Å². The van der Waals surface area contributed by atoms with Crippen molar-refractivity contribution in [1.82, 2.24) is 10.2 Å². The number of nitrogens with one attached hydrogen (secondary N) is 1. The van der Waals surface area contributed by atoms with Gasteiger partial charge in [-0.15, -0.1) is 0 Å². The van der Waals surface area contributed by atoms with Crippen LogP contribution in [0.3, 0.4) is 0 Å². The monoisotopic (exact) mass is 316 g/mol. The van der Waals surface area contributed by atoms with E-state index in [0.717, 1.165) is 24.2 Å². The molecule has 0 spiro atoms. The van der Waals surface area contributed by atoms with E-state index in [1.807, 2.05) is 12.1 Å². The highest BCUT2D eigenvalue weighted by Crippen LogP contribution is 2.22. The number of rotatable bonds is 3. The summed E-state index contributed by atoms with van der Waals surface area (Å²) >= 11 is 0. The third-order valence-electron chi connectivity index (χ3n) is 4.34. The van der Waals surface area contributed by atoms with E-state index < -0.39 is 24.0 Å². The molecule has 0 radical (unpaired) electrons. The summed E-state index contributed by atoms with van der Waals surface area (Å²) in [5, 5.41) is 2.55. The number of imide groups is 1. The molecular weight excluding hydrogens is 296 g/mol. The van der Waals surface area contributed by atoms with Crippen LogP contribution < -0.4 is 5.32 Å². The molecule has 1 N–H and O–H groups in total. The summed E-state index contributed by atoms with van der Waals surface area (Å²) in [4.78, 5) is 37.0. The molecule has 1 aliphatic heterocycles. The SMILES string of the molecule is CC(OC(=O)c1ccc2c(c1)CCCC2)C(=O)N1CCNC1=O. The number of urea groups is 1. The van der Waals surface area contributed by atoms with Crippen LogP contribution in [0.2, 0.25) is 0 Å². The summed E-state index contributed by atoms with van der Waals surface area (Å²) in [5.74, 6) is -1.02. The van der Waals surface area contributed by atoms with Gasteiger partial charge in [-0.25, -0.2) is 9.59 Å². The zero-order valence-corrected chi connectivity index (χ0v) is 13.1. The maximum atomic E-state index is 12.2. The van der Waals surface area contributed by atoms with E-state index in [0.29, 0.717) is 18.7 Å². The predicted molar refractivity (Wildman–Crippen MR) is 83.1 cm³/mol. The molecule has 0 saturated carbocycles. The summed E-state index contributed by atoms with van der Waals surface area (Å²) < 4.78 is 5.24. The number of aryl methyl sites for hydroxylation is 2. The van der Waals surface area contributed by atoms with Crippen LogP contribution in [0.15, 0.2) is 18.2 Å². The van der Waals surface area contributed by atoms with Crippen LogP contribution in [0.1, 0.15) is 41.3 Å². The molecule has 1 aliphatic carbocycles. The fourth-order valence-electron chi connectivity index (χ4n) is 3.04. The number of fused-ring (bicyclic) bond motifs is 1. The Hall–Kier alpha value is -2.37. The Bertz CT molecular complexity index is 656. The van der Waals surface area contributed by atoms with E-state index in [9.17, 15) is 14.4 Å². The van der Waals surface area contributed by atoms with Gasteiger partial charge in [-0.1, -0.05) is 6.07 Å². The molecule has 23 heavy (non-hydrogen) atoms. The molecule has 1 unspecified atom stereocenters. The molecule has 1 heterocycles. The van der Waals surface area contributed by atoms with E-state index >= 15 is 0 Å². The summed E-state index contributed by atoms with van der Waals surface area (Å²) in [6, 6.07) is 5.13. The molecular formula is C17H20N2O4. The minimum atomic E-state index is -0.984. The van der Waals surface area contributed by atoms with Gasteiger partial charge in [-0.2, -0.15) is 0 Å². The van der Waals surface area contributed by atoms with Crippen molar-refractivity contribution in [3.05, 3.63) is 34.9 Å². The maximum Gasteiger partial charge on any atom is 0.338 e. The van der Waals surface area contributed by atoms with Crippen molar-refractivity contribution in [1.29, 1.82) is 0 Å². The van der Waals surface area contributed by atoms with Gasteiger partial charge in [0.05, 0.1) is 5.56 Å². The lowest BCUT2D eigenvalue weighted by Gasteiger charge is -2.19. The van der Waals surface area contributed by atoms with Crippen LogP contribution in [-0.2, 0) is 22.4 Å². The minimum Gasteiger partial charge on any atom is -0.449 e. The number of nitrogens with zero attached hydrogens (tertiary/aromatic N) is 1. The second-order valence-corrected chi connectivity index (χ2v) is 5.96. The first-order valence-corrected chi connectivity index (χ1v) is 7.98. The van der Waals surface area contributed by atoms with Gasteiger partial charge in [-0.3, -0.25) is 9.69 Å². The molecule has 2 aliphatic rings. The summed E-state index contributed by atoms with van der Waals surface area (Å²) in [7, 11) is 0. The summed E-state index contributed by atoms with van der Waals surface area (Å²) in [5.41, 5.74) is 2.92. The fourth-order valence-corrected chi connectivity index (χ4v) is 3.04. The van der Waals surface area contributed by atoms with Crippen LogP contribution >= 0.6 is 0 Å². The molecule has 1 aromatic rings. The van der Waals surface area contributed by atoms with Gasteiger partial charge in [0.1, 0.15) is 0 Å². The average molecular weight is 316 g/mol. The molecule has 6 heteroatoms. The zero-order valence-electron chi connectivity index (χ0n) is 13.1. The largest absolute Gasteiger partial charge is 0.449 e. The van der Waals surface area contributed by atoms with Gasteiger partial charge in [0.2, 0.25) is 0 Å². The van der Waals surface area contributed by atoms with Crippen LogP contribution in [0.4, 0.5) is 4.79 Å². The molecule has 1 atom stereocenters. The maximum absolute atomic E-state index is 12.2. The fraction of sp³-hybridized carbons (Fsp3) is 0.471. The molecule has 1 saturated heterocycles. The van der Waals surface area contributed by atoms with Crippen LogP contribution in [-0.4, -0.2) is 42.0 Å². The van der Waals surface area contributed by atoms with Crippen molar-refractivity contribution in [3.63, 3.8) is 0 Å². The topological polar surface area (TPSA) is 75.7 Å². The Kier molecular flexibility index (Phi) is 4.32. The second-order valence-electron chi connectivity index (χ2n) is 5.96. The number of benzene rings is 1. The predicted octanol–water partition coefficient (Wildman–Crippen LogP) is 1.66. The van der Waals surface area contributed by atoms with Crippen molar-refractivity contribution >= 4 is 17.9 Å². The average Bonchev–Trinajstić information content (AvgIpc) is 2.99. The first-order chi connectivity index (χ1) is 11.1. The van der Waals surface area contributed by atoms with Gasteiger partial charge < -0.3 is 10.1 Å². The first kappa shape index (κ1) is 15.5. The lowest BCUT2D eigenvalue weighted by Crippen LogP contribution is -2.41. The second kappa shape index (κ2) is 6.40. The van der Waals surface area contributed by atoms with Crippen molar-refractivity contribution in [2.75, 3.05) is 13.1 Å². The van der Waals surface area contributed by atoms with Gasteiger partial charge in [0, 0.05) is 13.1 Å². The van der Waals surface area contributed by atoms with Gasteiger partial charge in [0.15, 0.2) is 6.10 Å². The third-order valence-corrected chi connectivity index (χ3v) is 4.34. The molecule has 6 nitrogen and oxygen atoms in total. The van der Waals surface area contributed by atoms with Gasteiger partial charge in [-0.05, 0) is 55.9 Å². The number of hydrogen-bond acceptors (Lipinski definition) is 4.